The molecule has 1 amide bonds. The predicted molar refractivity (Wildman–Crippen MR) is 95.4 cm³/mol. The molecule has 2 atom stereocenters. The molecule has 0 unspecified atom stereocenters. The first-order valence-electron chi connectivity index (χ1n) is 8.21. The zero-order valence-electron chi connectivity index (χ0n) is 14.7. The number of aryl methyl sites for hydroxylation is 1. The molecule has 0 aliphatic heterocycles. The Hall–Kier alpha value is -2.49. The number of carbonyl (C=O) groups is 1. The highest BCUT2D eigenvalue weighted by Crippen LogP contribution is 2.20. The van der Waals surface area contributed by atoms with Crippen molar-refractivity contribution in [2.45, 2.75) is 39.3 Å². The number of hydrogen-bond acceptors (Lipinski definition) is 3. The molecule has 0 spiro atoms. The van der Waals surface area contributed by atoms with Crippen LogP contribution in [0.1, 0.15) is 37.4 Å². The van der Waals surface area contributed by atoms with Crippen LogP contribution in [0, 0.1) is 6.92 Å². The van der Waals surface area contributed by atoms with Gasteiger partial charge >= 0.3 is 0 Å². The Balaban J connectivity index is 2.01. The van der Waals surface area contributed by atoms with Crippen molar-refractivity contribution in [3.63, 3.8) is 0 Å². The summed E-state index contributed by atoms with van der Waals surface area (Å²) in [5.41, 5.74) is 2.04. The number of rotatable bonds is 7. The third-order valence-electron chi connectivity index (χ3n) is 4.00. The van der Waals surface area contributed by atoms with Crippen molar-refractivity contribution >= 4 is 5.91 Å². The molecule has 0 aromatic heterocycles. The highest BCUT2D eigenvalue weighted by molar-refractivity contribution is 5.81. The molecule has 0 saturated carbocycles. The van der Waals surface area contributed by atoms with Crippen molar-refractivity contribution in [2.75, 3.05) is 7.11 Å². The van der Waals surface area contributed by atoms with Crippen LogP contribution in [-0.2, 0) is 4.79 Å². The Morgan fingerprint density at radius 2 is 1.79 bits per heavy atom. The molecular formula is C20H25NO3. The summed E-state index contributed by atoms with van der Waals surface area (Å²) < 4.78 is 11.1. The predicted octanol–water partition coefficient (Wildman–Crippen LogP) is 4.04. The smallest absolute Gasteiger partial charge is 0.261 e. The van der Waals surface area contributed by atoms with Gasteiger partial charge in [0.2, 0.25) is 0 Å². The standard InChI is InChI=1S/C20H25NO3/c1-5-18(24-19-9-7-6-8-14(19)2)20(22)21-15(3)16-10-12-17(23-4)13-11-16/h6-13,15,18H,5H2,1-4H3,(H,21,22)/t15-,18-/m1/s1. The number of para-hydroxylation sites is 1. The number of methoxy groups -OCH3 is 1. The summed E-state index contributed by atoms with van der Waals surface area (Å²) >= 11 is 0. The largest absolute Gasteiger partial charge is 0.497 e. The van der Waals surface area contributed by atoms with Crippen molar-refractivity contribution in [3.05, 3.63) is 59.7 Å². The van der Waals surface area contributed by atoms with Gasteiger partial charge in [-0.25, -0.2) is 0 Å². The molecule has 0 radical (unpaired) electrons. The molecule has 0 bridgehead atoms. The molecule has 2 rings (SSSR count). The molecule has 24 heavy (non-hydrogen) atoms. The lowest BCUT2D eigenvalue weighted by Gasteiger charge is -2.21. The zero-order chi connectivity index (χ0) is 17.5. The summed E-state index contributed by atoms with van der Waals surface area (Å²) in [5, 5.41) is 3.02. The van der Waals surface area contributed by atoms with Crippen LogP contribution >= 0.6 is 0 Å². The number of carbonyl (C=O) groups excluding carboxylic acids is 1. The summed E-state index contributed by atoms with van der Waals surface area (Å²) in [6.07, 6.45) is 0.0991. The van der Waals surface area contributed by atoms with E-state index in [-0.39, 0.29) is 11.9 Å². The van der Waals surface area contributed by atoms with E-state index in [1.165, 1.54) is 0 Å². The summed E-state index contributed by atoms with van der Waals surface area (Å²) in [5.74, 6) is 1.44. The fourth-order valence-electron chi connectivity index (χ4n) is 2.45. The number of ether oxygens (including phenoxy) is 2. The lowest BCUT2D eigenvalue weighted by molar-refractivity contribution is -0.128. The van der Waals surface area contributed by atoms with E-state index in [4.69, 9.17) is 9.47 Å². The van der Waals surface area contributed by atoms with E-state index in [0.29, 0.717) is 6.42 Å². The Morgan fingerprint density at radius 1 is 1.12 bits per heavy atom. The molecule has 128 valence electrons. The topological polar surface area (TPSA) is 47.6 Å². The van der Waals surface area contributed by atoms with Crippen molar-refractivity contribution < 1.29 is 14.3 Å². The quantitative estimate of drug-likeness (QED) is 0.835. The highest BCUT2D eigenvalue weighted by atomic mass is 16.5. The number of benzene rings is 2. The molecule has 0 fully saturated rings. The minimum Gasteiger partial charge on any atom is -0.497 e. The van der Waals surface area contributed by atoms with E-state index in [2.05, 4.69) is 5.32 Å². The third-order valence-corrected chi connectivity index (χ3v) is 4.00. The van der Waals surface area contributed by atoms with Crippen LogP contribution < -0.4 is 14.8 Å². The van der Waals surface area contributed by atoms with Crippen LogP contribution in [-0.4, -0.2) is 19.1 Å². The normalized spacial score (nSPS) is 13.0. The maximum atomic E-state index is 12.5. The first-order chi connectivity index (χ1) is 11.5. The number of nitrogens with one attached hydrogen (secondary N) is 1. The van der Waals surface area contributed by atoms with Crippen molar-refractivity contribution in [2.24, 2.45) is 0 Å². The fraction of sp³-hybridized carbons (Fsp3) is 0.350. The van der Waals surface area contributed by atoms with Crippen LogP contribution in [0.2, 0.25) is 0 Å². The first-order valence-corrected chi connectivity index (χ1v) is 8.21. The SMILES string of the molecule is CC[C@@H](Oc1ccccc1C)C(=O)N[C@H](C)c1ccc(OC)cc1. The molecule has 0 saturated heterocycles. The second-order valence-corrected chi connectivity index (χ2v) is 5.78. The van der Waals surface area contributed by atoms with Gasteiger partial charge in [-0.2, -0.15) is 0 Å². The van der Waals surface area contributed by atoms with E-state index in [0.717, 1.165) is 22.6 Å². The third kappa shape index (κ3) is 4.51. The van der Waals surface area contributed by atoms with Crippen LogP contribution in [0.5, 0.6) is 11.5 Å². The van der Waals surface area contributed by atoms with E-state index < -0.39 is 6.10 Å². The second-order valence-electron chi connectivity index (χ2n) is 5.78. The molecule has 4 nitrogen and oxygen atoms in total. The highest BCUT2D eigenvalue weighted by Gasteiger charge is 2.21. The van der Waals surface area contributed by atoms with Gasteiger partial charge in [0, 0.05) is 0 Å². The minimum absolute atomic E-state index is 0.0991. The molecule has 0 aliphatic rings. The molecular weight excluding hydrogens is 302 g/mol. The zero-order valence-corrected chi connectivity index (χ0v) is 14.7. The Labute approximate surface area is 143 Å². The van der Waals surface area contributed by atoms with Gasteiger partial charge < -0.3 is 14.8 Å². The molecule has 2 aromatic rings. The van der Waals surface area contributed by atoms with Gasteiger partial charge in [-0.1, -0.05) is 37.3 Å². The van der Waals surface area contributed by atoms with Gasteiger partial charge in [0.1, 0.15) is 11.5 Å². The Kier molecular flexibility index (Phi) is 6.24. The van der Waals surface area contributed by atoms with Crippen molar-refractivity contribution in [3.8, 4) is 11.5 Å². The van der Waals surface area contributed by atoms with Crippen molar-refractivity contribution in [1.29, 1.82) is 0 Å². The van der Waals surface area contributed by atoms with Gasteiger partial charge in [0.15, 0.2) is 6.10 Å². The van der Waals surface area contributed by atoms with Crippen LogP contribution in [0.4, 0.5) is 0 Å². The van der Waals surface area contributed by atoms with Gasteiger partial charge in [-0.15, -0.1) is 0 Å². The summed E-state index contributed by atoms with van der Waals surface area (Å²) in [6, 6.07) is 15.3. The maximum Gasteiger partial charge on any atom is 0.261 e. The van der Waals surface area contributed by atoms with E-state index in [9.17, 15) is 4.79 Å². The average Bonchev–Trinajstić information content (AvgIpc) is 2.61. The monoisotopic (exact) mass is 327 g/mol. The van der Waals surface area contributed by atoms with E-state index in [1.54, 1.807) is 7.11 Å². The number of amides is 1. The van der Waals surface area contributed by atoms with Gasteiger partial charge in [-0.3, -0.25) is 4.79 Å². The molecule has 1 N–H and O–H groups in total. The molecule has 0 heterocycles. The lowest BCUT2D eigenvalue weighted by Crippen LogP contribution is -2.39. The maximum absolute atomic E-state index is 12.5. The summed E-state index contributed by atoms with van der Waals surface area (Å²) in [6.45, 7) is 5.88. The van der Waals surface area contributed by atoms with Crippen molar-refractivity contribution in [1.82, 2.24) is 5.32 Å². The van der Waals surface area contributed by atoms with E-state index in [1.807, 2.05) is 69.3 Å². The van der Waals surface area contributed by atoms with Crippen LogP contribution in [0.15, 0.2) is 48.5 Å². The first kappa shape index (κ1) is 17.9. The molecule has 0 aliphatic carbocycles. The number of hydrogen-bond donors (Lipinski definition) is 1. The van der Waals surface area contributed by atoms with Gasteiger partial charge in [-0.05, 0) is 49.6 Å². The average molecular weight is 327 g/mol. The summed E-state index contributed by atoms with van der Waals surface area (Å²) in [7, 11) is 1.63. The summed E-state index contributed by atoms with van der Waals surface area (Å²) in [4.78, 5) is 12.5. The minimum atomic E-state index is -0.508. The van der Waals surface area contributed by atoms with Gasteiger partial charge in [0.05, 0.1) is 13.2 Å². The van der Waals surface area contributed by atoms with Crippen LogP contribution in [0.25, 0.3) is 0 Å². The Morgan fingerprint density at radius 3 is 2.38 bits per heavy atom. The molecule has 2 aromatic carbocycles. The fourth-order valence-corrected chi connectivity index (χ4v) is 2.45. The van der Waals surface area contributed by atoms with E-state index >= 15 is 0 Å². The Bertz CT molecular complexity index is 667. The lowest BCUT2D eigenvalue weighted by atomic mass is 10.1. The van der Waals surface area contributed by atoms with Gasteiger partial charge in [0.25, 0.3) is 5.91 Å². The van der Waals surface area contributed by atoms with Crippen LogP contribution in [0.3, 0.4) is 0 Å². The second kappa shape index (κ2) is 8.39. The molecule has 4 heteroatoms.